The van der Waals surface area contributed by atoms with Gasteiger partial charge in [0.1, 0.15) is 0 Å². The molecule has 5 heteroatoms. The summed E-state index contributed by atoms with van der Waals surface area (Å²) in [5.41, 5.74) is 0. The maximum absolute atomic E-state index is 11.6. The quantitative estimate of drug-likeness (QED) is 0.732. The van der Waals surface area contributed by atoms with E-state index in [4.69, 9.17) is 4.74 Å². The molecule has 0 saturated carbocycles. The lowest BCUT2D eigenvalue weighted by molar-refractivity contribution is -0.139. The number of nitrogens with zero attached hydrogens (tertiary/aromatic N) is 1. The lowest BCUT2D eigenvalue weighted by Gasteiger charge is -2.36. The summed E-state index contributed by atoms with van der Waals surface area (Å²) < 4.78 is 5.65. The first-order chi connectivity index (χ1) is 6.67. The summed E-state index contributed by atoms with van der Waals surface area (Å²) in [6, 6.07) is 0. The van der Waals surface area contributed by atoms with Gasteiger partial charge >= 0.3 is 0 Å². The average molecular weight is 282 g/mol. The molecule has 0 radical (unpaired) electrons. The zero-order chi connectivity index (χ0) is 10.6. The minimum absolute atomic E-state index is 0.143. The van der Waals surface area contributed by atoms with Crippen molar-refractivity contribution in [2.24, 2.45) is 0 Å². The second-order valence-corrected chi connectivity index (χ2v) is 4.97. The fourth-order valence-corrected chi connectivity index (χ4v) is 2.34. The van der Waals surface area contributed by atoms with E-state index in [1.807, 2.05) is 18.1 Å². The molecule has 1 rings (SSSR count). The van der Waals surface area contributed by atoms with E-state index in [0.29, 0.717) is 5.75 Å². The smallest absolute Gasteiger partial charge is 0.232 e. The van der Waals surface area contributed by atoms with Crippen molar-refractivity contribution in [3.63, 3.8) is 0 Å². The van der Waals surface area contributed by atoms with E-state index >= 15 is 0 Å². The summed E-state index contributed by atoms with van der Waals surface area (Å²) in [6.07, 6.45) is 2.24. The number of alkyl halides is 1. The van der Waals surface area contributed by atoms with Gasteiger partial charge < -0.3 is 9.64 Å². The van der Waals surface area contributed by atoms with Crippen LogP contribution in [0.4, 0.5) is 0 Å². The Morgan fingerprint density at radius 1 is 1.64 bits per heavy atom. The number of amides is 1. The summed E-state index contributed by atoms with van der Waals surface area (Å²) in [6.45, 7) is 3.45. The SMILES string of the molecule is CSCC(=O)N1CC(C)OC(CBr)C1. The fourth-order valence-electron chi connectivity index (χ4n) is 1.55. The molecular weight excluding hydrogens is 266 g/mol. The predicted octanol–water partition coefficient (Wildman–Crippen LogP) is 1.36. The zero-order valence-corrected chi connectivity index (χ0v) is 10.9. The van der Waals surface area contributed by atoms with Crippen molar-refractivity contribution >= 4 is 33.6 Å². The van der Waals surface area contributed by atoms with Crippen LogP contribution < -0.4 is 0 Å². The van der Waals surface area contributed by atoms with Crippen LogP contribution in [-0.4, -0.2) is 53.4 Å². The lowest BCUT2D eigenvalue weighted by atomic mass is 10.2. The fraction of sp³-hybridized carbons (Fsp3) is 0.889. The average Bonchev–Trinajstić information content (AvgIpc) is 2.17. The van der Waals surface area contributed by atoms with Gasteiger partial charge in [0.15, 0.2) is 0 Å². The number of ether oxygens (including phenoxy) is 1. The summed E-state index contributed by atoms with van der Waals surface area (Å²) >= 11 is 4.96. The van der Waals surface area contributed by atoms with Crippen LogP contribution in [0.2, 0.25) is 0 Å². The monoisotopic (exact) mass is 281 g/mol. The van der Waals surface area contributed by atoms with E-state index in [-0.39, 0.29) is 18.1 Å². The number of morpholine rings is 1. The molecule has 0 aliphatic carbocycles. The Morgan fingerprint density at radius 2 is 2.36 bits per heavy atom. The molecule has 2 atom stereocenters. The number of thioether (sulfide) groups is 1. The van der Waals surface area contributed by atoms with Crippen molar-refractivity contribution in [1.82, 2.24) is 4.90 Å². The standard InChI is InChI=1S/C9H16BrNO2S/c1-7-4-11(9(12)6-14-2)5-8(3-10)13-7/h7-8H,3-6H2,1-2H3. The van der Waals surface area contributed by atoms with E-state index < -0.39 is 0 Å². The maximum Gasteiger partial charge on any atom is 0.232 e. The molecule has 0 bridgehead atoms. The number of carbonyl (C=O) groups is 1. The third-order valence-electron chi connectivity index (χ3n) is 2.12. The molecule has 1 heterocycles. The summed E-state index contributed by atoms with van der Waals surface area (Å²) in [4.78, 5) is 13.5. The first-order valence-corrected chi connectivity index (χ1v) is 7.17. The molecule has 0 aromatic rings. The number of hydrogen-bond acceptors (Lipinski definition) is 3. The highest BCUT2D eigenvalue weighted by molar-refractivity contribution is 9.09. The van der Waals surface area contributed by atoms with Crippen molar-refractivity contribution in [2.75, 3.05) is 30.4 Å². The molecule has 1 aliphatic heterocycles. The number of hydrogen-bond donors (Lipinski definition) is 0. The molecule has 82 valence electrons. The largest absolute Gasteiger partial charge is 0.371 e. The minimum Gasteiger partial charge on any atom is -0.371 e. The van der Waals surface area contributed by atoms with Crippen molar-refractivity contribution < 1.29 is 9.53 Å². The molecule has 1 amide bonds. The third kappa shape index (κ3) is 3.44. The third-order valence-corrected chi connectivity index (χ3v) is 3.38. The van der Waals surface area contributed by atoms with Crippen LogP contribution in [0, 0.1) is 0 Å². The molecule has 0 aromatic carbocycles. The van der Waals surface area contributed by atoms with E-state index in [9.17, 15) is 4.79 Å². The highest BCUT2D eigenvalue weighted by Gasteiger charge is 2.27. The predicted molar refractivity (Wildman–Crippen MR) is 63.1 cm³/mol. The first kappa shape index (κ1) is 12.3. The van der Waals surface area contributed by atoms with Gasteiger partial charge in [0.25, 0.3) is 0 Å². The van der Waals surface area contributed by atoms with Gasteiger partial charge in [0.05, 0.1) is 18.0 Å². The normalized spacial score (nSPS) is 27.8. The Hall–Kier alpha value is 0.260. The molecule has 1 saturated heterocycles. The number of carbonyl (C=O) groups excluding carboxylic acids is 1. The maximum atomic E-state index is 11.6. The Kier molecular flexibility index (Phi) is 5.26. The van der Waals surface area contributed by atoms with E-state index in [0.717, 1.165) is 18.4 Å². The summed E-state index contributed by atoms with van der Waals surface area (Å²) in [5, 5.41) is 0.792. The summed E-state index contributed by atoms with van der Waals surface area (Å²) in [5.74, 6) is 0.792. The topological polar surface area (TPSA) is 29.5 Å². The second-order valence-electron chi connectivity index (χ2n) is 3.45. The van der Waals surface area contributed by atoms with Gasteiger partial charge in [-0.3, -0.25) is 4.79 Å². The van der Waals surface area contributed by atoms with Gasteiger partial charge in [0, 0.05) is 18.4 Å². The van der Waals surface area contributed by atoms with Gasteiger partial charge in [-0.1, -0.05) is 15.9 Å². The van der Waals surface area contributed by atoms with Gasteiger partial charge in [-0.15, -0.1) is 0 Å². The molecule has 0 aromatic heterocycles. The van der Waals surface area contributed by atoms with Crippen molar-refractivity contribution in [2.45, 2.75) is 19.1 Å². The highest BCUT2D eigenvalue weighted by Crippen LogP contribution is 2.13. The Labute approximate surface area is 97.7 Å². The molecular formula is C9H16BrNO2S. The van der Waals surface area contributed by atoms with Gasteiger partial charge in [-0.2, -0.15) is 11.8 Å². The highest BCUT2D eigenvalue weighted by atomic mass is 79.9. The van der Waals surface area contributed by atoms with Crippen LogP contribution in [0.15, 0.2) is 0 Å². The Bertz CT molecular complexity index is 203. The molecule has 14 heavy (non-hydrogen) atoms. The Morgan fingerprint density at radius 3 is 2.93 bits per heavy atom. The number of halogens is 1. The van der Waals surface area contributed by atoms with Crippen LogP contribution in [0.1, 0.15) is 6.92 Å². The molecule has 1 fully saturated rings. The van der Waals surface area contributed by atoms with Crippen LogP contribution in [-0.2, 0) is 9.53 Å². The minimum atomic E-state index is 0.143. The first-order valence-electron chi connectivity index (χ1n) is 4.65. The van der Waals surface area contributed by atoms with E-state index in [1.165, 1.54) is 0 Å². The van der Waals surface area contributed by atoms with Crippen LogP contribution in [0.25, 0.3) is 0 Å². The van der Waals surface area contributed by atoms with Crippen LogP contribution >= 0.6 is 27.7 Å². The molecule has 2 unspecified atom stereocenters. The van der Waals surface area contributed by atoms with E-state index in [2.05, 4.69) is 15.9 Å². The van der Waals surface area contributed by atoms with Crippen molar-refractivity contribution in [3.05, 3.63) is 0 Å². The van der Waals surface area contributed by atoms with Gasteiger partial charge in [0.2, 0.25) is 5.91 Å². The van der Waals surface area contributed by atoms with E-state index in [1.54, 1.807) is 11.8 Å². The van der Waals surface area contributed by atoms with Crippen LogP contribution in [0.3, 0.4) is 0 Å². The van der Waals surface area contributed by atoms with Gasteiger partial charge in [-0.25, -0.2) is 0 Å². The lowest BCUT2D eigenvalue weighted by Crippen LogP contribution is -2.50. The van der Waals surface area contributed by atoms with Crippen LogP contribution in [0.5, 0.6) is 0 Å². The van der Waals surface area contributed by atoms with Crippen molar-refractivity contribution in [3.8, 4) is 0 Å². The molecule has 0 N–H and O–H groups in total. The molecule has 3 nitrogen and oxygen atoms in total. The second kappa shape index (κ2) is 5.98. The van der Waals surface area contributed by atoms with Crippen molar-refractivity contribution in [1.29, 1.82) is 0 Å². The number of rotatable bonds is 3. The molecule has 0 spiro atoms. The molecule has 1 aliphatic rings. The zero-order valence-electron chi connectivity index (χ0n) is 8.53. The summed E-state index contributed by atoms with van der Waals surface area (Å²) in [7, 11) is 0. The van der Waals surface area contributed by atoms with Gasteiger partial charge in [-0.05, 0) is 13.2 Å². The Balaban J connectivity index is 2.48.